The van der Waals surface area contributed by atoms with Crippen molar-refractivity contribution >= 4 is 41.3 Å². The molecule has 0 aromatic heterocycles. The number of ether oxygens (including phenoxy) is 5. The van der Waals surface area contributed by atoms with Gasteiger partial charge in [-0.05, 0) is 103 Å². The first-order chi connectivity index (χ1) is 20.8. The maximum Gasteiger partial charge on any atom is 0.343 e. The number of hydrogen-bond donors (Lipinski definition) is 1. The number of methoxy groups -OCH3 is 1. The topological polar surface area (TPSA) is 105 Å². The van der Waals surface area contributed by atoms with Gasteiger partial charge in [-0.1, -0.05) is 30.1 Å². The van der Waals surface area contributed by atoms with E-state index in [4.69, 9.17) is 46.9 Å². The van der Waals surface area contributed by atoms with Crippen LogP contribution in [-0.2, 0) is 4.79 Å². The number of amides is 1. The summed E-state index contributed by atoms with van der Waals surface area (Å²) in [6.07, 6.45) is 0.889. The Bertz CT molecular complexity index is 1500. The summed E-state index contributed by atoms with van der Waals surface area (Å²) in [5.41, 5.74) is 3.32. The van der Waals surface area contributed by atoms with Gasteiger partial charge in [0, 0.05) is 10.0 Å². The molecule has 222 valence electrons. The van der Waals surface area contributed by atoms with Crippen LogP contribution in [0.25, 0.3) is 0 Å². The van der Waals surface area contributed by atoms with E-state index in [1.165, 1.54) is 13.3 Å². The lowest BCUT2D eigenvalue weighted by Crippen LogP contribution is -2.40. The summed E-state index contributed by atoms with van der Waals surface area (Å²) in [6, 6.07) is 24.4. The van der Waals surface area contributed by atoms with Crippen LogP contribution in [0.4, 0.5) is 0 Å². The van der Waals surface area contributed by atoms with Crippen LogP contribution in [0.3, 0.4) is 0 Å². The molecular formula is C32H28Cl2N2O7. The van der Waals surface area contributed by atoms with Crippen LogP contribution in [0.5, 0.6) is 28.7 Å². The molecule has 4 aromatic carbocycles. The van der Waals surface area contributed by atoms with Crippen molar-refractivity contribution in [2.45, 2.75) is 19.6 Å². The van der Waals surface area contributed by atoms with E-state index in [0.29, 0.717) is 50.8 Å². The first-order valence-electron chi connectivity index (χ1n) is 13.1. The van der Waals surface area contributed by atoms with Gasteiger partial charge in [0.1, 0.15) is 17.2 Å². The Kier molecular flexibility index (Phi) is 11.2. The molecule has 1 amide bonds. The Morgan fingerprint density at radius 3 is 1.95 bits per heavy atom. The molecule has 0 bridgehead atoms. The summed E-state index contributed by atoms with van der Waals surface area (Å²) < 4.78 is 28.0. The minimum atomic E-state index is -1.39. The predicted molar refractivity (Wildman–Crippen MR) is 164 cm³/mol. The van der Waals surface area contributed by atoms with E-state index < -0.39 is 18.2 Å². The Labute approximate surface area is 258 Å². The van der Waals surface area contributed by atoms with Crippen molar-refractivity contribution in [3.8, 4) is 28.7 Å². The standard InChI is InChI=1S/C32H28Cl2N2O7/c1-3-18-40-25-11-5-22(6-12-25)31(38)43-28-17-4-21(19-29(28)39-2)20-35-36-30(37)32(41-26-13-7-23(33)8-14-26)42-27-15-9-24(34)10-16-27/h4-17,19-20,32H,3,18H2,1-2H3,(H,36,37)/b35-20+. The van der Waals surface area contributed by atoms with Crippen molar-refractivity contribution in [2.75, 3.05) is 13.7 Å². The number of hydrazone groups is 1. The third kappa shape index (κ3) is 9.39. The summed E-state index contributed by atoms with van der Waals surface area (Å²) in [5, 5.41) is 5.04. The summed E-state index contributed by atoms with van der Waals surface area (Å²) in [7, 11) is 1.45. The maximum atomic E-state index is 13.0. The zero-order chi connectivity index (χ0) is 30.6. The van der Waals surface area contributed by atoms with E-state index >= 15 is 0 Å². The highest BCUT2D eigenvalue weighted by atomic mass is 35.5. The fraction of sp³-hybridized carbons (Fsp3) is 0.156. The van der Waals surface area contributed by atoms with Crippen LogP contribution >= 0.6 is 23.2 Å². The Morgan fingerprint density at radius 1 is 0.814 bits per heavy atom. The number of hydrogen-bond acceptors (Lipinski definition) is 8. The van der Waals surface area contributed by atoms with E-state index in [1.54, 1.807) is 91.0 Å². The van der Waals surface area contributed by atoms with Crippen LogP contribution in [0.1, 0.15) is 29.3 Å². The summed E-state index contributed by atoms with van der Waals surface area (Å²) in [6.45, 7) is 2.61. The van der Waals surface area contributed by atoms with Crippen molar-refractivity contribution in [1.82, 2.24) is 5.43 Å². The molecule has 0 heterocycles. The molecule has 43 heavy (non-hydrogen) atoms. The van der Waals surface area contributed by atoms with Gasteiger partial charge in [-0.25, -0.2) is 10.2 Å². The van der Waals surface area contributed by atoms with E-state index in [1.807, 2.05) is 6.92 Å². The highest BCUT2D eigenvalue weighted by Gasteiger charge is 2.23. The molecule has 0 fully saturated rings. The van der Waals surface area contributed by atoms with E-state index in [0.717, 1.165) is 6.42 Å². The number of carbonyl (C=O) groups is 2. The van der Waals surface area contributed by atoms with Crippen LogP contribution in [0, 0.1) is 0 Å². The van der Waals surface area contributed by atoms with Crippen molar-refractivity contribution in [1.29, 1.82) is 0 Å². The summed E-state index contributed by atoms with van der Waals surface area (Å²) in [5.74, 6) is 0.669. The highest BCUT2D eigenvalue weighted by molar-refractivity contribution is 6.30. The van der Waals surface area contributed by atoms with Crippen LogP contribution in [0.15, 0.2) is 96.1 Å². The number of halogens is 2. The largest absolute Gasteiger partial charge is 0.494 e. The second-order valence-electron chi connectivity index (χ2n) is 8.88. The lowest BCUT2D eigenvalue weighted by molar-refractivity contribution is -0.140. The predicted octanol–water partition coefficient (Wildman–Crippen LogP) is 6.94. The lowest BCUT2D eigenvalue weighted by atomic mass is 10.2. The van der Waals surface area contributed by atoms with Gasteiger partial charge in [-0.15, -0.1) is 0 Å². The third-order valence-electron chi connectivity index (χ3n) is 5.67. The number of nitrogens with zero attached hydrogens (tertiary/aromatic N) is 1. The molecule has 0 radical (unpaired) electrons. The quantitative estimate of drug-likeness (QED) is 0.0566. The first-order valence-corrected chi connectivity index (χ1v) is 13.9. The van der Waals surface area contributed by atoms with Crippen molar-refractivity contribution in [3.05, 3.63) is 112 Å². The first kappa shape index (κ1) is 31.2. The zero-order valence-corrected chi connectivity index (χ0v) is 24.8. The van der Waals surface area contributed by atoms with Gasteiger partial charge in [0.05, 0.1) is 25.5 Å². The molecule has 1 N–H and O–H groups in total. The number of esters is 1. The molecule has 0 aliphatic rings. The minimum Gasteiger partial charge on any atom is -0.494 e. The Balaban J connectivity index is 1.41. The van der Waals surface area contributed by atoms with Crippen molar-refractivity contribution in [3.63, 3.8) is 0 Å². The SMILES string of the molecule is CCCOc1ccc(C(=O)Oc2ccc(/C=N/NC(=O)C(Oc3ccc(Cl)cc3)Oc3ccc(Cl)cc3)cc2OC)cc1. The molecule has 4 rings (SSSR count). The average molecular weight is 623 g/mol. The average Bonchev–Trinajstić information content (AvgIpc) is 3.02. The smallest absolute Gasteiger partial charge is 0.343 e. The molecule has 0 aliphatic carbocycles. The number of carbonyl (C=O) groups excluding carboxylic acids is 2. The molecule has 0 unspecified atom stereocenters. The summed E-state index contributed by atoms with van der Waals surface area (Å²) >= 11 is 11.9. The molecule has 4 aromatic rings. The molecule has 0 saturated heterocycles. The minimum absolute atomic E-state index is 0.216. The van der Waals surface area contributed by atoms with Gasteiger partial charge in [0.15, 0.2) is 11.5 Å². The van der Waals surface area contributed by atoms with Gasteiger partial charge in [-0.2, -0.15) is 5.10 Å². The summed E-state index contributed by atoms with van der Waals surface area (Å²) in [4.78, 5) is 25.6. The van der Waals surface area contributed by atoms with Crippen LogP contribution in [-0.4, -0.2) is 38.1 Å². The molecule has 0 saturated carbocycles. The lowest BCUT2D eigenvalue weighted by Gasteiger charge is -2.19. The normalized spacial score (nSPS) is 10.8. The fourth-order valence-corrected chi connectivity index (χ4v) is 3.79. The van der Waals surface area contributed by atoms with Crippen molar-refractivity contribution in [2.24, 2.45) is 5.10 Å². The highest BCUT2D eigenvalue weighted by Crippen LogP contribution is 2.29. The van der Waals surface area contributed by atoms with Gasteiger partial charge >= 0.3 is 18.2 Å². The Hall–Kier alpha value is -4.73. The molecule has 9 nitrogen and oxygen atoms in total. The van der Waals surface area contributed by atoms with Gasteiger partial charge in [0.2, 0.25) is 0 Å². The molecular weight excluding hydrogens is 595 g/mol. The van der Waals surface area contributed by atoms with E-state index in [9.17, 15) is 9.59 Å². The fourth-order valence-electron chi connectivity index (χ4n) is 3.54. The second-order valence-corrected chi connectivity index (χ2v) is 9.76. The second kappa shape index (κ2) is 15.5. The zero-order valence-electron chi connectivity index (χ0n) is 23.3. The van der Waals surface area contributed by atoms with Crippen LogP contribution in [0.2, 0.25) is 10.0 Å². The maximum absolute atomic E-state index is 13.0. The van der Waals surface area contributed by atoms with E-state index in [2.05, 4.69) is 10.5 Å². The van der Waals surface area contributed by atoms with Gasteiger partial charge in [-0.3, -0.25) is 4.79 Å². The van der Waals surface area contributed by atoms with Crippen LogP contribution < -0.4 is 29.1 Å². The van der Waals surface area contributed by atoms with Gasteiger partial charge < -0.3 is 23.7 Å². The van der Waals surface area contributed by atoms with E-state index in [-0.39, 0.29) is 5.75 Å². The molecule has 0 spiro atoms. The molecule has 0 aliphatic heterocycles. The third-order valence-corrected chi connectivity index (χ3v) is 6.17. The number of benzene rings is 4. The Morgan fingerprint density at radius 2 is 1.40 bits per heavy atom. The molecule has 11 heteroatoms. The number of nitrogens with one attached hydrogen (secondary N) is 1. The monoisotopic (exact) mass is 622 g/mol. The van der Waals surface area contributed by atoms with Gasteiger partial charge in [0.25, 0.3) is 0 Å². The molecule has 0 atom stereocenters. The number of rotatable bonds is 13. The van der Waals surface area contributed by atoms with Crippen molar-refractivity contribution < 1.29 is 33.3 Å².